The fraction of sp³-hybridized carbons (Fsp3) is 0.333. The van der Waals surface area contributed by atoms with E-state index in [2.05, 4.69) is 18.2 Å². The van der Waals surface area contributed by atoms with Crippen LogP contribution in [0.5, 0.6) is 11.5 Å². The van der Waals surface area contributed by atoms with E-state index in [1.807, 2.05) is 24.3 Å². The minimum absolute atomic E-state index is 0.118. The zero-order valence-corrected chi connectivity index (χ0v) is 13.2. The van der Waals surface area contributed by atoms with Crippen LogP contribution in [0, 0.1) is 5.92 Å². The van der Waals surface area contributed by atoms with E-state index in [0.717, 1.165) is 32.1 Å². The monoisotopic (exact) mass is 306 g/mol. The molecule has 2 N–H and O–H groups in total. The Morgan fingerprint density at radius 3 is 2.61 bits per heavy atom. The van der Waals surface area contributed by atoms with Crippen LogP contribution < -0.4 is 0 Å². The fourth-order valence-corrected chi connectivity index (χ4v) is 4.55. The standard InChI is InChI=1S/C21H22O2/c22-18-8-4-15(5-9-18)14-21-12-2-1-3-17(21)7-6-16-13-19(23)10-11-20(16)21/h1,3-5,8-11,13,17,22-23H,2,6-7,12,14H2. The van der Waals surface area contributed by atoms with Crippen molar-refractivity contribution in [3.8, 4) is 11.5 Å². The van der Waals surface area contributed by atoms with Crippen molar-refractivity contribution in [3.05, 3.63) is 71.3 Å². The molecule has 2 unspecified atom stereocenters. The second-order valence-corrected chi connectivity index (χ2v) is 6.95. The highest BCUT2D eigenvalue weighted by Crippen LogP contribution is 2.50. The van der Waals surface area contributed by atoms with Gasteiger partial charge in [-0.3, -0.25) is 0 Å². The van der Waals surface area contributed by atoms with Crippen molar-refractivity contribution in [2.45, 2.75) is 37.5 Å². The molecular formula is C21H22O2. The molecule has 0 bridgehead atoms. The number of aromatic hydroxyl groups is 2. The number of rotatable bonds is 2. The zero-order chi connectivity index (χ0) is 15.9. The summed E-state index contributed by atoms with van der Waals surface area (Å²) in [5.41, 5.74) is 4.09. The molecule has 2 heteroatoms. The van der Waals surface area contributed by atoms with Gasteiger partial charge in [0.1, 0.15) is 11.5 Å². The molecule has 0 aromatic heterocycles. The van der Waals surface area contributed by atoms with E-state index >= 15 is 0 Å². The average molecular weight is 306 g/mol. The lowest BCUT2D eigenvalue weighted by Crippen LogP contribution is -2.42. The van der Waals surface area contributed by atoms with Crippen LogP contribution in [-0.4, -0.2) is 10.2 Å². The molecule has 23 heavy (non-hydrogen) atoms. The third-order valence-corrected chi connectivity index (χ3v) is 5.64. The van der Waals surface area contributed by atoms with E-state index in [1.54, 1.807) is 12.1 Å². The van der Waals surface area contributed by atoms with Crippen molar-refractivity contribution in [3.63, 3.8) is 0 Å². The van der Waals surface area contributed by atoms with Crippen molar-refractivity contribution >= 4 is 0 Å². The number of hydrogen-bond donors (Lipinski definition) is 2. The third kappa shape index (κ3) is 2.42. The number of phenols is 2. The van der Waals surface area contributed by atoms with Crippen molar-refractivity contribution < 1.29 is 10.2 Å². The van der Waals surface area contributed by atoms with E-state index in [-0.39, 0.29) is 5.41 Å². The molecule has 0 fully saturated rings. The maximum atomic E-state index is 9.85. The maximum absolute atomic E-state index is 9.85. The minimum atomic E-state index is 0.118. The van der Waals surface area contributed by atoms with E-state index in [0.29, 0.717) is 17.4 Å². The van der Waals surface area contributed by atoms with E-state index < -0.39 is 0 Å². The highest BCUT2D eigenvalue weighted by molar-refractivity contribution is 5.45. The molecule has 0 aliphatic heterocycles. The SMILES string of the molecule is Oc1ccc(CC23CCC=CC2CCc2cc(O)ccc23)cc1. The predicted octanol–water partition coefficient (Wildman–Crippen LogP) is 4.49. The number of fused-ring (bicyclic) bond motifs is 3. The number of phenolic OH excluding ortho intramolecular Hbond substituents is 2. The number of hydrogen-bond acceptors (Lipinski definition) is 2. The first kappa shape index (κ1) is 14.4. The Kier molecular flexibility index (Phi) is 3.41. The van der Waals surface area contributed by atoms with Crippen molar-refractivity contribution in [2.24, 2.45) is 5.92 Å². The van der Waals surface area contributed by atoms with Crippen LogP contribution in [0.25, 0.3) is 0 Å². The molecule has 4 rings (SSSR count). The Balaban J connectivity index is 1.81. The van der Waals surface area contributed by atoms with Crippen LogP contribution in [0.4, 0.5) is 0 Å². The first-order valence-electron chi connectivity index (χ1n) is 8.44. The third-order valence-electron chi connectivity index (χ3n) is 5.64. The Hall–Kier alpha value is -2.22. The lowest BCUT2D eigenvalue weighted by Gasteiger charge is -2.47. The van der Waals surface area contributed by atoms with Gasteiger partial charge in [-0.2, -0.15) is 0 Å². The molecule has 2 aromatic carbocycles. The van der Waals surface area contributed by atoms with Gasteiger partial charge in [-0.05, 0) is 79.0 Å². The minimum Gasteiger partial charge on any atom is -0.508 e. The summed E-state index contributed by atoms with van der Waals surface area (Å²) in [5, 5.41) is 19.4. The van der Waals surface area contributed by atoms with Crippen LogP contribution in [-0.2, 0) is 18.3 Å². The normalized spacial score (nSPS) is 25.7. The van der Waals surface area contributed by atoms with Gasteiger partial charge in [0.15, 0.2) is 0 Å². The first-order chi connectivity index (χ1) is 11.2. The fourth-order valence-electron chi connectivity index (χ4n) is 4.55. The Labute approximate surface area is 137 Å². The molecule has 2 atom stereocenters. The van der Waals surface area contributed by atoms with Crippen molar-refractivity contribution in [1.29, 1.82) is 0 Å². The highest BCUT2D eigenvalue weighted by atomic mass is 16.3. The summed E-state index contributed by atoms with van der Waals surface area (Å²) in [5.74, 6) is 1.25. The molecule has 0 heterocycles. The van der Waals surface area contributed by atoms with Gasteiger partial charge in [0.2, 0.25) is 0 Å². The summed E-state index contributed by atoms with van der Waals surface area (Å²) in [4.78, 5) is 0. The Morgan fingerprint density at radius 2 is 1.78 bits per heavy atom. The quantitative estimate of drug-likeness (QED) is 0.803. The van der Waals surface area contributed by atoms with Crippen LogP contribution in [0.3, 0.4) is 0 Å². The topological polar surface area (TPSA) is 40.5 Å². The number of benzene rings is 2. The van der Waals surface area contributed by atoms with Gasteiger partial charge in [0, 0.05) is 5.41 Å². The number of allylic oxidation sites excluding steroid dienone is 2. The van der Waals surface area contributed by atoms with Gasteiger partial charge in [0.05, 0.1) is 0 Å². The first-order valence-corrected chi connectivity index (χ1v) is 8.44. The van der Waals surface area contributed by atoms with Gasteiger partial charge in [0.25, 0.3) is 0 Å². The molecule has 2 nitrogen and oxygen atoms in total. The second kappa shape index (κ2) is 5.45. The summed E-state index contributed by atoms with van der Waals surface area (Å²) in [6, 6.07) is 13.5. The molecule has 0 saturated carbocycles. The summed E-state index contributed by atoms with van der Waals surface area (Å²) in [7, 11) is 0. The Bertz CT molecular complexity index is 745. The lowest BCUT2D eigenvalue weighted by atomic mass is 9.57. The van der Waals surface area contributed by atoms with Crippen LogP contribution in [0.15, 0.2) is 54.6 Å². The molecule has 118 valence electrons. The largest absolute Gasteiger partial charge is 0.508 e. The predicted molar refractivity (Wildman–Crippen MR) is 91.8 cm³/mol. The molecule has 2 aromatic rings. The van der Waals surface area contributed by atoms with Gasteiger partial charge in [-0.15, -0.1) is 0 Å². The molecule has 0 saturated heterocycles. The lowest BCUT2D eigenvalue weighted by molar-refractivity contribution is 0.248. The molecule has 0 radical (unpaired) electrons. The van der Waals surface area contributed by atoms with Crippen molar-refractivity contribution in [2.75, 3.05) is 0 Å². The summed E-state index contributed by atoms with van der Waals surface area (Å²) >= 11 is 0. The summed E-state index contributed by atoms with van der Waals surface area (Å²) < 4.78 is 0. The molecule has 2 aliphatic carbocycles. The van der Waals surface area contributed by atoms with Crippen LogP contribution in [0.2, 0.25) is 0 Å². The molecule has 0 spiro atoms. The number of aryl methyl sites for hydroxylation is 1. The molecular weight excluding hydrogens is 284 g/mol. The Morgan fingerprint density at radius 1 is 1.00 bits per heavy atom. The van der Waals surface area contributed by atoms with Gasteiger partial charge in [-0.25, -0.2) is 0 Å². The van der Waals surface area contributed by atoms with E-state index in [1.165, 1.54) is 16.7 Å². The van der Waals surface area contributed by atoms with E-state index in [4.69, 9.17) is 0 Å². The smallest absolute Gasteiger partial charge is 0.115 e. The maximum Gasteiger partial charge on any atom is 0.115 e. The molecule has 0 amide bonds. The van der Waals surface area contributed by atoms with Gasteiger partial charge in [-0.1, -0.05) is 30.4 Å². The average Bonchev–Trinajstić information content (AvgIpc) is 2.56. The van der Waals surface area contributed by atoms with Crippen LogP contribution in [0.1, 0.15) is 36.0 Å². The van der Waals surface area contributed by atoms with Crippen molar-refractivity contribution in [1.82, 2.24) is 0 Å². The highest BCUT2D eigenvalue weighted by Gasteiger charge is 2.43. The zero-order valence-electron chi connectivity index (χ0n) is 13.2. The van der Waals surface area contributed by atoms with E-state index in [9.17, 15) is 10.2 Å². The molecule has 2 aliphatic rings. The van der Waals surface area contributed by atoms with Gasteiger partial charge >= 0.3 is 0 Å². The van der Waals surface area contributed by atoms with Gasteiger partial charge < -0.3 is 10.2 Å². The second-order valence-electron chi connectivity index (χ2n) is 6.95. The summed E-state index contributed by atoms with van der Waals surface area (Å²) in [6.45, 7) is 0. The van der Waals surface area contributed by atoms with Crippen LogP contribution >= 0.6 is 0 Å². The summed E-state index contributed by atoms with van der Waals surface area (Å²) in [6.07, 6.45) is 10.1.